The number of aromatic nitrogens is 2. The molecule has 0 aliphatic heterocycles. The lowest BCUT2D eigenvalue weighted by molar-refractivity contribution is 0.256. The maximum Gasteiger partial charge on any atom is 0.226 e. The molecule has 0 saturated heterocycles. The molecule has 0 bridgehead atoms. The highest BCUT2D eigenvalue weighted by Crippen LogP contribution is 2.23. The van der Waals surface area contributed by atoms with E-state index in [1.807, 2.05) is 37.3 Å². The van der Waals surface area contributed by atoms with E-state index in [0.717, 1.165) is 11.3 Å². The van der Waals surface area contributed by atoms with Crippen molar-refractivity contribution in [1.29, 1.82) is 0 Å². The Hall–Kier alpha value is -2.66. The molecule has 0 aliphatic carbocycles. The minimum Gasteiger partial charge on any atom is -0.485 e. The Morgan fingerprint density at radius 1 is 1.18 bits per heavy atom. The highest BCUT2D eigenvalue weighted by Gasteiger charge is 2.12. The van der Waals surface area contributed by atoms with Crippen LogP contribution in [0.25, 0.3) is 11.5 Å². The van der Waals surface area contributed by atoms with Crippen molar-refractivity contribution in [3.63, 3.8) is 0 Å². The molecule has 22 heavy (non-hydrogen) atoms. The normalized spacial score (nSPS) is 10.6. The van der Waals surface area contributed by atoms with Crippen molar-refractivity contribution in [2.45, 2.75) is 20.1 Å². The van der Waals surface area contributed by atoms with Crippen LogP contribution in [-0.4, -0.2) is 15.1 Å². The largest absolute Gasteiger partial charge is 0.485 e. The summed E-state index contributed by atoms with van der Waals surface area (Å²) in [5.41, 5.74) is 2.35. The first-order valence-electron chi connectivity index (χ1n) is 6.96. The Bertz CT molecular complexity index is 754. The molecule has 0 spiro atoms. The molecule has 3 rings (SSSR count). The standard InChI is InChI=1S/C17H16N2O3/c1-12-15(11-21-16-9-18-8-7-14(16)10-20)19-17(22-12)13-5-3-2-4-6-13/h2-9,20H,10-11H2,1H3. The van der Waals surface area contributed by atoms with E-state index in [0.29, 0.717) is 23.0 Å². The number of ether oxygens (including phenoxy) is 1. The van der Waals surface area contributed by atoms with Gasteiger partial charge in [0.25, 0.3) is 0 Å². The smallest absolute Gasteiger partial charge is 0.226 e. The van der Waals surface area contributed by atoms with Crippen LogP contribution in [0.15, 0.2) is 53.2 Å². The summed E-state index contributed by atoms with van der Waals surface area (Å²) in [5, 5.41) is 9.28. The monoisotopic (exact) mass is 296 g/mol. The van der Waals surface area contributed by atoms with Gasteiger partial charge in [-0.25, -0.2) is 4.98 Å². The number of hydrogen-bond acceptors (Lipinski definition) is 5. The van der Waals surface area contributed by atoms with E-state index in [9.17, 15) is 5.11 Å². The molecule has 0 atom stereocenters. The van der Waals surface area contributed by atoms with Crippen molar-refractivity contribution in [2.75, 3.05) is 0 Å². The molecule has 1 aromatic carbocycles. The summed E-state index contributed by atoms with van der Waals surface area (Å²) in [6, 6.07) is 11.4. The molecular weight excluding hydrogens is 280 g/mol. The lowest BCUT2D eigenvalue weighted by Gasteiger charge is -2.07. The highest BCUT2D eigenvalue weighted by atomic mass is 16.5. The van der Waals surface area contributed by atoms with Crippen molar-refractivity contribution < 1.29 is 14.3 Å². The molecule has 5 nitrogen and oxygen atoms in total. The van der Waals surface area contributed by atoms with Crippen LogP contribution in [0, 0.1) is 6.92 Å². The zero-order valence-corrected chi connectivity index (χ0v) is 12.2. The number of oxazole rings is 1. The Morgan fingerprint density at radius 2 is 2.00 bits per heavy atom. The fraction of sp³-hybridized carbons (Fsp3) is 0.176. The third kappa shape index (κ3) is 2.99. The van der Waals surface area contributed by atoms with Crippen LogP contribution in [0.4, 0.5) is 0 Å². The molecular formula is C17H16N2O3. The summed E-state index contributed by atoms with van der Waals surface area (Å²) in [6.45, 7) is 2.03. The van der Waals surface area contributed by atoms with Gasteiger partial charge in [0.15, 0.2) is 0 Å². The predicted octanol–water partition coefficient (Wildman–Crippen LogP) is 3.12. The van der Waals surface area contributed by atoms with Crippen LogP contribution in [0.2, 0.25) is 0 Å². The first kappa shape index (κ1) is 14.3. The Kier molecular flexibility index (Phi) is 4.16. The average molecular weight is 296 g/mol. The molecule has 0 aliphatic rings. The first-order chi connectivity index (χ1) is 10.8. The maximum atomic E-state index is 9.28. The quantitative estimate of drug-likeness (QED) is 0.783. The number of aryl methyl sites for hydroxylation is 1. The molecule has 3 aromatic rings. The van der Waals surface area contributed by atoms with Gasteiger partial charge in [0.05, 0.1) is 12.8 Å². The van der Waals surface area contributed by atoms with Gasteiger partial charge in [-0.2, -0.15) is 0 Å². The summed E-state index contributed by atoms with van der Waals surface area (Å²) < 4.78 is 11.4. The van der Waals surface area contributed by atoms with E-state index in [4.69, 9.17) is 9.15 Å². The number of hydrogen-bond donors (Lipinski definition) is 1. The second-order valence-electron chi connectivity index (χ2n) is 4.82. The second kappa shape index (κ2) is 6.41. The van der Waals surface area contributed by atoms with Gasteiger partial charge in [0, 0.05) is 17.3 Å². The molecule has 2 aromatic heterocycles. The number of pyridine rings is 1. The van der Waals surface area contributed by atoms with Crippen LogP contribution in [0.3, 0.4) is 0 Å². The molecule has 112 valence electrons. The summed E-state index contributed by atoms with van der Waals surface area (Å²) >= 11 is 0. The lowest BCUT2D eigenvalue weighted by Crippen LogP contribution is -2.00. The molecule has 0 radical (unpaired) electrons. The number of rotatable bonds is 5. The van der Waals surface area contributed by atoms with E-state index in [2.05, 4.69) is 9.97 Å². The van der Waals surface area contributed by atoms with E-state index in [1.54, 1.807) is 18.5 Å². The Labute approximate surface area is 128 Å². The van der Waals surface area contributed by atoms with Gasteiger partial charge in [-0.1, -0.05) is 18.2 Å². The van der Waals surface area contributed by atoms with Gasteiger partial charge in [-0.05, 0) is 25.1 Å². The molecule has 2 heterocycles. The topological polar surface area (TPSA) is 68.4 Å². The van der Waals surface area contributed by atoms with Gasteiger partial charge < -0.3 is 14.3 Å². The highest BCUT2D eigenvalue weighted by molar-refractivity contribution is 5.53. The molecule has 1 N–H and O–H groups in total. The SMILES string of the molecule is Cc1oc(-c2ccccc2)nc1COc1cnccc1CO. The maximum absolute atomic E-state index is 9.28. The van der Waals surface area contributed by atoms with E-state index < -0.39 is 0 Å². The van der Waals surface area contributed by atoms with Gasteiger partial charge >= 0.3 is 0 Å². The van der Waals surface area contributed by atoms with Crippen molar-refractivity contribution in [3.05, 3.63) is 65.8 Å². The fourth-order valence-electron chi connectivity index (χ4n) is 2.08. The summed E-state index contributed by atoms with van der Waals surface area (Å²) in [6.07, 6.45) is 3.20. The van der Waals surface area contributed by atoms with Crippen LogP contribution in [-0.2, 0) is 13.2 Å². The predicted molar refractivity (Wildman–Crippen MR) is 81.2 cm³/mol. The molecule has 0 saturated carbocycles. The summed E-state index contributed by atoms with van der Waals surface area (Å²) in [7, 11) is 0. The minimum atomic E-state index is -0.0923. The van der Waals surface area contributed by atoms with Crippen LogP contribution in [0.5, 0.6) is 5.75 Å². The van der Waals surface area contributed by atoms with Gasteiger partial charge in [0.2, 0.25) is 5.89 Å². The van der Waals surface area contributed by atoms with Crippen molar-refractivity contribution in [2.24, 2.45) is 0 Å². The zero-order valence-electron chi connectivity index (χ0n) is 12.2. The van der Waals surface area contributed by atoms with E-state index in [1.165, 1.54) is 0 Å². The van der Waals surface area contributed by atoms with E-state index in [-0.39, 0.29) is 13.2 Å². The zero-order chi connectivity index (χ0) is 15.4. The molecule has 0 unspecified atom stereocenters. The molecule has 0 fully saturated rings. The number of aliphatic hydroxyl groups excluding tert-OH is 1. The molecule has 0 amide bonds. The summed E-state index contributed by atoms with van der Waals surface area (Å²) in [5.74, 6) is 1.84. The fourth-order valence-corrected chi connectivity index (χ4v) is 2.08. The lowest BCUT2D eigenvalue weighted by atomic mass is 10.2. The van der Waals surface area contributed by atoms with E-state index >= 15 is 0 Å². The third-order valence-electron chi connectivity index (χ3n) is 3.32. The van der Waals surface area contributed by atoms with Crippen molar-refractivity contribution in [3.8, 4) is 17.2 Å². The number of nitrogens with zero attached hydrogens (tertiary/aromatic N) is 2. The Morgan fingerprint density at radius 3 is 2.77 bits per heavy atom. The second-order valence-corrected chi connectivity index (χ2v) is 4.82. The Balaban J connectivity index is 1.78. The van der Waals surface area contributed by atoms with Crippen LogP contribution in [0.1, 0.15) is 17.0 Å². The molecule has 5 heteroatoms. The van der Waals surface area contributed by atoms with Gasteiger partial charge in [-0.3, -0.25) is 4.98 Å². The number of aliphatic hydroxyl groups is 1. The first-order valence-corrected chi connectivity index (χ1v) is 6.96. The third-order valence-corrected chi connectivity index (χ3v) is 3.32. The van der Waals surface area contributed by atoms with Gasteiger partial charge in [-0.15, -0.1) is 0 Å². The van der Waals surface area contributed by atoms with Crippen molar-refractivity contribution in [1.82, 2.24) is 9.97 Å². The number of benzene rings is 1. The van der Waals surface area contributed by atoms with Gasteiger partial charge in [0.1, 0.15) is 23.8 Å². The average Bonchev–Trinajstić information content (AvgIpc) is 2.95. The van der Waals surface area contributed by atoms with Crippen LogP contribution >= 0.6 is 0 Å². The van der Waals surface area contributed by atoms with Crippen LogP contribution < -0.4 is 4.74 Å². The van der Waals surface area contributed by atoms with Crippen molar-refractivity contribution >= 4 is 0 Å². The minimum absolute atomic E-state index is 0.0923. The summed E-state index contributed by atoms with van der Waals surface area (Å²) in [4.78, 5) is 8.48.